The lowest BCUT2D eigenvalue weighted by molar-refractivity contribution is 0.733. The zero-order valence-corrected chi connectivity index (χ0v) is 13.2. The van der Waals surface area contributed by atoms with Gasteiger partial charge in [0.1, 0.15) is 0 Å². The summed E-state index contributed by atoms with van der Waals surface area (Å²) in [6.45, 7) is 2.56. The van der Waals surface area contributed by atoms with Gasteiger partial charge in [-0.05, 0) is 30.7 Å². The molecule has 6 heteroatoms. The fraction of sp³-hybridized carbons (Fsp3) is 0.118. The van der Waals surface area contributed by atoms with Gasteiger partial charge in [-0.1, -0.05) is 23.7 Å². The molecule has 1 aromatic carbocycles. The van der Waals surface area contributed by atoms with E-state index in [1.165, 1.54) is 0 Å². The second kappa shape index (κ2) is 5.21. The van der Waals surface area contributed by atoms with Gasteiger partial charge in [-0.3, -0.25) is 4.79 Å². The van der Waals surface area contributed by atoms with Crippen molar-refractivity contribution >= 4 is 28.2 Å². The maximum Gasteiger partial charge on any atom is 0.261 e. The van der Waals surface area contributed by atoms with Crippen LogP contribution in [0.3, 0.4) is 0 Å². The number of pyridine rings is 1. The molecular weight excluding hydrogens is 312 g/mol. The zero-order valence-electron chi connectivity index (χ0n) is 12.4. The molecule has 0 atom stereocenters. The predicted octanol–water partition coefficient (Wildman–Crippen LogP) is 3.38. The Morgan fingerprint density at radius 3 is 2.65 bits per heavy atom. The topological polar surface area (TPSA) is 52.2 Å². The maximum atomic E-state index is 12.4. The molecule has 4 rings (SSSR count). The summed E-state index contributed by atoms with van der Waals surface area (Å²) in [6.07, 6.45) is 5.17. The molecule has 0 aliphatic heterocycles. The number of rotatable bonds is 2. The number of hydrogen-bond acceptors (Lipinski definition) is 3. The van der Waals surface area contributed by atoms with E-state index in [0.717, 1.165) is 16.6 Å². The van der Waals surface area contributed by atoms with Crippen LogP contribution >= 0.6 is 11.6 Å². The Bertz CT molecular complexity index is 1080. The van der Waals surface area contributed by atoms with Gasteiger partial charge >= 0.3 is 0 Å². The van der Waals surface area contributed by atoms with Crippen molar-refractivity contribution in [3.05, 3.63) is 64.3 Å². The van der Waals surface area contributed by atoms with Crippen molar-refractivity contribution in [2.24, 2.45) is 0 Å². The van der Waals surface area contributed by atoms with Crippen LogP contribution in [-0.2, 0) is 6.54 Å². The molecule has 0 saturated carbocycles. The van der Waals surface area contributed by atoms with Gasteiger partial charge in [-0.15, -0.1) is 0 Å². The molecule has 0 amide bonds. The van der Waals surface area contributed by atoms with Gasteiger partial charge in [0.05, 0.1) is 17.1 Å². The maximum absolute atomic E-state index is 12.4. The summed E-state index contributed by atoms with van der Waals surface area (Å²) in [5.74, 6) is 0. The molecule has 3 aromatic heterocycles. The van der Waals surface area contributed by atoms with Crippen LogP contribution in [0.25, 0.3) is 27.7 Å². The molecule has 0 unspecified atom stereocenters. The van der Waals surface area contributed by atoms with Crippen molar-refractivity contribution in [1.29, 1.82) is 0 Å². The van der Waals surface area contributed by atoms with Gasteiger partial charge < -0.3 is 4.57 Å². The molecule has 0 aliphatic rings. The van der Waals surface area contributed by atoms with Gasteiger partial charge in [-0.2, -0.15) is 5.10 Å². The van der Waals surface area contributed by atoms with Crippen molar-refractivity contribution in [3.63, 3.8) is 0 Å². The van der Waals surface area contributed by atoms with Crippen molar-refractivity contribution in [2.75, 3.05) is 0 Å². The van der Waals surface area contributed by atoms with Crippen molar-refractivity contribution in [1.82, 2.24) is 19.2 Å². The van der Waals surface area contributed by atoms with E-state index in [0.29, 0.717) is 22.6 Å². The van der Waals surface area contributed by atoms with E-state index in [1.54, 1.807) is 27.7 Å². The Kier molecular flexibility index (Phi) is 3.16. The first-order chi connectivity index (χ1) is 11.2. The van der Waals surface area contributed by atoms with Crippen LogP contribution in [0.4, 0.5) is 0 Å². The highest BCUT2D eigenvalue weighted by Gasteiger charge is 2.12. The lowest BCUT2D eigenvalue weighted by atomic mass is 10.1. The summed E-state index contributed by atoms with van der Waals surface area (Å²) in [6, 6.07) is 9.43. The molecule has 0 saturated heterocycles. The van der Waals surface area contributed by atoms with E-state index in [4.69, 9.17) is 11.6 Å². The van der Waals surface area contributed by atoms with Gasteiger partial charge in [-0.25, -0.2) is 9.50 Å². The standard InChI is InChI=1S/C17H13ClN4O/c1-2-21-8-7-15-14(17(21)23)9-19-16-13(10-20-22(15)16)11-3-5-12(18)6-4-11/h3-10H,2H2,1H3. The Morgan fingerprint density at radius 1 is 1.13 bits per heavy atom. The number of aromatic nitrogens is 4. The number of nitrogens with zero attached hydrogens (tertiary/aromatic N) is 4. The van der Waals surface area contributed by atoms with Gasteiger partial charge in [0.25, 0.3) is 5.56 Å². The number of hydrogen-bond donors (Lipinski definition) is 0. The summed E-state index contributed by atoms with van der Waals surface area (Å²) >= 11 is 5.94. The fourth-order valence-electron chi connectivity index (χ4n) is 2.74. The van der Waals surface area contributed by atoms with E-state index in [1.807, 2.05) is 37.3 Å². The minimum atomic E-state index is -0.0528. The monoisotopic (exact) mass is 324 g/mol. The van der Waals surface area contributed by atoms with Gasteiger partial charge in [0.15, 0.2) is 5.65 Å². The number of fused-ring (bicyclic) bond motifs is 3. The first kappa shape index (κ1) is 14.0. The second-order valence-corrected chi connectivity index (χ2v) is 5.70. The molecule has 0 aliphatic carbocycles. The van der Waals surface area contributed by atoms with Crippen LogP contribution in [0.2, 0.25) is 5.02 Å². The molecule has 0 fully saturated rings. The number of benzene rings is 1. The number of aryl methyl sites for hydroxylation is 1. The molecule has 0 spiro atoms. The van der Waals surface area contributed by atoms with Gasteiger partial charge in [0.2, 0.25) is 0 Å². The van der Waals surface area contributed by atoms with E-state index in [-0.39, 0.29) is 5.56 Å². The summed E-state index contributed by atoms with van der Waals surface area (Å²) in [4.78, 5) is 16.8. The van der Waals surface area contributed by atoms with Crippen molar-refractivity contribution in [3.8, 4) is 11.1 Å². The van der Waals surface area contributed by atoms with Crippen molar-refractivity contribution < 1.29 is 0 Å². The minimum absolute atomic E-state index is 0.0528. The molecule has 0 N–H and O–H groups in total. The quantitative estimate of drug-likeness (QED) is 0.568. The highest BCUT2D eigenvalue weighted by atomic mass is 35.5. The Morgan fingerprint density at radius 2 is 1.91 bits per heavy atom. The van der Waals surface area contributed by atoms with Crippen molar-refractivity contribution in [2.45, 2.75) is 13.5 Å². The summed E-state index contributed by atoms with van der Waals surface area (Å²) in [5.41, 5.74) is 3.31. The normalized spacial score (nSPS) is 11.4. The van der Waals surface area contributed by atoms with E-state index in [9.17, 15) is 4.79 Å². The average Bonchev–Trinajstić information content (AvgIpc) is 3.00. The minimum Gasteiger partial charge on any atom is -0.315 e. The lowest BCUT2D eigenvalue weighted by Gasteiger charge is -2.05. The molecule has 0 radical (unpaired) electrons. The summed E-state index contributed by atoms with van der Waals surface area (Å²) in [5, 5.41) is 5.66. The highest BCUT2D eigenvalue weighted by molar-refractivity contribution is 6.30. The summed E-state index contributed by atoms with van der Waals surface area (Å²) in [7, 11) is 0. The highest BCUT2D eigenvalue weighted by Crippen LogP contribution is 2.26. The molecule has 3 heterocycles. The third-order valence-corrected chi connectivity index (χ3v) is 4.22. The third-order valence-electron chi connectivity index (χ3n) is 3.96. The van der Waals surface area contributed by atoms with Crippen LogP contribution in [0.1, 0.15) is 6.92 Å². The Balaban J connectivity index is 2.01. The zero-order chi connectivity index (χ0) is 16.0. The summed E-state index contributed by atoms with van der Waals surface area (Å²) < 4.78 is 3.36. The lowest BCUT2D eigenvalue weighted by Crippen LogP contribution is -2.19. The van der Waals surface area contributed by atoms with Crippen LogP contribution in [0, 0.1) is 0 Å². The largest absolute Gasteiger partial charge is 0.315 e. The molecule has 5 nitrogen and oxygen atoms in total. The smallest absolute Gasteiger partial charge is 0.261 e. The SMILES string of the molecule is CCn1ccc2c(cnc3c(-c4ccc(Cl)cc4)cnn32)c1=O. The fourth-order valence-corrected chi connectivity index (χ4v) is 2.86. The molecule has 0 bridgehead atoms. The van der Waals surface area contributed by atoms with E-state index < -0.39 is 0 Å². The van der Waals surface area contributed by atoms with Crippen LogP contribution in [-0.4, -0.2) is 19.2 Å². The van der Waals surface area contributed by atoms with Crippen LogP contribution in [0.15, 0.2) is 53.7 Å². The van der Waals surface area contributed by atoms with Crippen LogP contribution in [0.5, 0.6) is 0 Å². The van der Waals surface area contributed by atoms with E-state index >= 15 is 0 Å². The molecule has 23 heavy (non-hydrogen) atoms. The van der Waals surface area contributed by atoms with Gasteiger partial charge in [0, 0.05) is 29.5 Å². The predicted molar refractivity (Wildman–Crippen MR) is 90.9 cm³/mol. The average molecular weight is 325 g/mol. The first-order valence-corrected chi connectivity index (χ1v) is 7.68. The third kappa shape index (κ3) is 2.12. The Hall–Kier alpha value is -2.66. The Labute approximate surface area is 136 Å². The van der Waals surface area contributed by atoms with E-state index in [2.05, 4.69) is 10.1 Å². The van der Waals surface area contributed by atoms with Crippen LogP contribution < -0.4 is 5.56 Å². The molecule has 114 valence electrons. The molecule has 4 aromatic rings. The number of halogens is 1. The second-order valence-electron chi connectivity index (χ2n) is 5.26. The first-order valence-electron chi connectivity index (χ1n) is 7.31. The molecular formula is C17H13ClN4O.